The molecule has 18 heavy (non-hydrogen) atoms. The lowest BCUT2D eigenvalue weighted by Crippen LogP contribution is -2.32. The van der Waals surface area contributed by atoms with Crippen molar-refractivity contribution < 1.29 is 0 Å². The van der Waals surface area contributed by atoms with Crippen LogP contribution >= 0.6 is 11.6 Å². The molecule has 1 heterocycles. The maximum Gasteiger partial charge on any atom is 0.131 e. The number of nitrogens with zero attached hydrogens (tertiary/aromatic N) is 2. The van der Waals surface area contributed by atoms with Gasteiger partial charge < -0.3 is 5.32 Å². The number of rotatable bonds is 4. The predicted molar refractivity (Wildman–Crippen MR) is 75.8 cm³/mol. The second kappa shape index (κ2) is 6.07. The molecule has 2 rings (SSSR count). The van der Waals surface area contributed by atoms with E-state index in [2.05, 4.69) is 17.3 Å². The molecule has 0 aromatic carbocycles. The molecular weight excluding hydrogens is 246 g/mol. The molecule has 1 N–H and O–H groups in total. The molecule has 0 aliphatic heterocycles. The van der Waals surface area contributed by atoms with Gasteiger partial charge in [0.25, 0.3) is 0 Å². The third-order valence-electron chi connectivity index (χ3n) is 4.26. The largest absolute Gasteiger partial charge is 0.310 e. The highest BCUT2D eigenvalue weighted by atomic mass is 35.5. The Morgan fingerprint density at radius 1 is 1.33 bits per heavy atom. The first-order valence-electron chi connectivity index (χ1n) is 7.03. The summed E-state index contributed by atoms with van der Waals surface area (Å²) < 4.78 is 1.75. The van der Waals surface area contributed by atoms with E-state index in [1.165, 1.54) is 32.1 Å². The minimum Gasteiger partial charge on any atom is -0.310 e. The van der Waals surface area contributed by atoms with Gasteiger partial charge in [0.15, 0.2) is 0 Å². The van der Waals surface area contributed by atoms with Gasteiger partial charge in [0.05, 0.1) is 5.69 Å². The monoisotopic (exact) mass is 269 g/mol. The molecule has 1 aliphatic carbocycles. The molecule has 0 amide bonds. The van der Waals surface area contributed by atoms with Gasteiger partial charge in [0.2, 0.25) is 0 Å². The van der Waals surface area contributed by atoms with E-state index in [9.17, 15) is 0 Å². The van der Waals surface area contributed by atoms with Gasteiger partial charge in [-0.15, -0.1) is 0 Å². The average Bonchev–Trinajstić information content (AvgIpc) is 2.62. The molecule has 1 aliphatic rings. The molecular formula is C14H24ClN3. The maximum absolute atomic E-state index is 6.24. The van der Waals surface area contributed by atoms with E-state index >= 15 is 0 Å². The van der Waals surface area contributed by atoms with Crippen molar-refractivity contribution in [2.75, 3.05) is 0 Å². The van der Waals surface area contributed by atoms with Crippen LogP contribution in [0.3, 0.4) is 0 Å². The van der Waals surface area contributed by atoms with Crippen molar-refractivity contribution in [3.05, 3.63) is 16.4 Å². The minimum atomic E-state index is 0.656. The van der Waals surface area contributed by atoms with Crippen molar-refractivity contribution in [3.8, 4) is 0 Å². The van der Waals surface area contributed by atoms with Crippen LogP contribution in [0.4, 0.5) is 0 Å². The molecule has 1 fully saturated rings. The van der Waals surface area contributed by atoms with Crippen LogP contribution in [0, 0.1) is 12.8 Å². The van der Waals surface area contributed by atoms with Crippen LogP contribution in [0.2, 0.25) is 5.15 Å². The smallest absolute Gasteiger partial charge is 0.131 e. The van der Waals surface area contributed by atoms with E-state index < -0.39 is 0 Å². The summed E-state index contributed by atoms with van der Waals surface area (Å²) in [6, 6.07) is 0.656. The predicted octanol–water partition coefficient (Wildman–Crippen LogP) is 3.44. The minimum absolute atomic E-state index is 0.656. The summed E-state index contributed by atoms with van der Waals surface area (Å²) in [5.74, 6) is 0.951. The number of nitrogens with one attached hydrogen (secondary N) is 1. The zero-order chi connectivity index (χ0) is 13.1. The van der Waals surface area contributed by atoms with Gasteiger partial charge in [-0.3, -0.25) is 4.68 Å². The topological polar surface area (TPSA) is 29.9 Å². The summed E-state index contributed by atoms with van der Waals surface area (Å²) in [6.07, 6.45) is 6.67. The Kier molecular flexibility index (Phi) is 4.68. The highest BCUT2D eigenvalue weighted by molar-refractivity contribution is 6.30. The first kappa shape index (κ1) is 13.9. The van der Waals surface area contributed by atoms with E-state index in [1.54, 1.807) is 4.68 Å². The van der Waals surface area contributed by atoms with Crippen LogP contribution in [0.15, 0.2) is 0 Å². The Morgan fingerprint density at radius 2 is 2.00 bits per heavy atom. The molecule has 3 nitrogen and oxygen atoms in total. The van der Waals surface area contributed by atoms with Crippen LogP contribution in [-0.2, 0) is 13.6 Å². The molecule has 0 unspecified atom stereocenters. The summed E-state index contributed by atoms with van der Waals surface area (Å²) in [4.78, 5) is 0. The summed E-state index contributed by atoms with van der Waals surface area (Å²) >= 11 is 6.24. The summed E-state index contributed by atoms with van der Waals surface area (Å²) in [5.41, 5.74) is 2.19. The molecule has 0 saturated heterocycles. The lowest BCUT2D eigenvalue weighted by atomic mass is 9.84. The number of hydrogen-bond donors (Lipinski definition) is 1. The molecule has 4 heteroatoms. The van der Waals surface area contributed by atoms with Gasteiger partial charge in [-0.2, -0.15) is 5.10 Å². The lowest BCUT2D eigenvalue weighted by molar-refractivity contribution is 0.285. The van der Waals surface area contributed by atoms with Crippen molar-refractivity contribution in [2.45, 2.75) is 58.5 Å². The van der Waals surface area contributed by atoms with Crippen molar-refractivity contribution in [1.29, 1.82) is 0 Å². The van der Waals surface area contributed by atoms with Crippen molar-refractivity contribution in [3.63, 3.8) is 0 Å². The Hall–Kier alpha value is -0.540. The number of halogens is 1. The van der Waals surface area contributed by atoms with Gasteiger partial charge in [-0.1, -0.05) is 24.9 Å². The molecule has 102 valence electrons. The van der Waals surface area contributed by atoms with E-state index in [4.69, 9.17) is 11.6 Å². The third-order valence-corrected chi connectivity index (χ3v) is 4.73. The molecule has 1 saturated carbocycles. The van der Waals surface area contributed by atoms with E-state index in [0.717, 1.165) is 28.9 Å². The van der Waals surface area contributed by atoms with Crippen LogP contribution in [-0.4, -0.2) is 15.8 Å². The fourth-order valence-electron chi connectivity index (χ4n) is 2.90. The van der Waals surface area contributed by atoms with Crippen LogP contribution in [0.1, 0.15) is 50.3 Å². The Labute approximate surface area is 115 Å². The molecule has 0 bridgehead atoms. The Balaban J connectivity index is 1.85. The summed E-state index contributed by atoms with van der Waals surface area (Å²) in [5, 5.41) is 8.75. The SMILES string of the molecule is CCC1CCC(NCc2c(C)nn(C)c2Cl)CC1. The molecule has 0 spiro atoms. The van der Waals surface area contributed by atoms with Crippen LogP contribution in [0.25, 0.3) is 0 Å². The highest BCUT2D eigenvalue weighted by Crippen LogP contribution is 2.27. The zero-order valence-electron chi connectivity index (χ0n) is 11.7. The second-order valence-corrected chi connectivity index (χ2v) is 5.84. The van der Waals surface area contributed by atoms with Gasteiger partial charge >= 0.3 is 0 Å². The molecule has 0 radical (unpaired) electrons. The quantitative estimate of drug-likeness (QED) is 0.907. The van der Waals surface area contributed by atoms with Gasteiger partial charge in [-0.05, 0) is 38.5 Å². The normalized spacial score (nSPS) is 24.4. The van der Waals surface area contributed by atoms with Crippen molar-refractivity contribution in [1.82, 2.24) is 15.1 Å². The van der Waals surface area contributed by atoms with Crippen molar-refractivity contribution >= 4 is 11.6 Å². The van der Waals surface area contributed by atoms with E-state index in [0.29, 0.717) is 6.04 Å². The average molecular weight is 270 g/mol. The highest BCUT2D eigenvalue weighted by Gasteiger charge is 2.20. The van der Waals surface area contributed by atoms with Gasteiger partial charge in [-0.25, -0.2) is 0 Å². The van der Waals surface area contributed by atoms with E-state index in [-0.39, 0.29) is 0 Å². The zero-order valence-corrected chi connectivity index (χ0v) is 12.4. The van der Waals surface area contributed by atoms with Gasteiger partial charge in [0, 0.05) is 25.2 Å². The first-order valence-corrected chi connectivity index (χ1v) is 7.41. The maximum atomic E-state index is 6.24. The van der Waals surface area contributed by atoms with Crippen molar-refractivity contribution in [2.24, 2.45) is 13.0 Å². The van der Waals surface area contributed by atoms with Crippen LogP contribution in [0.5, 0.6) is 0 Å². The molecule has 1 aromatic rings. The standard InChI is InChI=1S/C14H24ClN3/c1-4-11-5-7-12(8-6-11)16-9-13-10(2)17-18(3)14(13)15/h11-12,16H,4-9H2,1-3H3. The Bertz CT molecular complexity index is 392. The third kappa shape index (κ3) is 3.07. The second-order valence-electron chi connectivity index (χ2n) is 5.49. The number of hydrogen-bond acceptors (Lipinski definition) is 2. The number of aryl methyl sites for hydroxylation is 2. The Morgan fingerprint density at radius 3 is 2.50 bits per heavy atom. The van der Waals surface area contributed by atoms with E-state index in [1.807, 2.05) is 14.0 Å². The molecule has 0 atom stereocenters. The fourth-order valence-corrected chi connectivity index (χ4v) is 3.14. The van der Waals surface area contributed by atoms with Crippen LogP contribution < -0.4 is 5.32 Å². The fraction of sp³-hybridized carbons (Fsp3) is 0.786. The van der Waals surface area contributed by atoms with Gasteiger partial charge in [0.1, 0.15) is 5.15 Å². The molecule has 1 aromatic heterocycles. The summed E-state index contributed by atoms with van der Waals surface area (Å²) in [7, 11) is 1.89. The summed E-state index contributed by atoms with van der Waals surface area (Å²) in [6.45, 7) is 5.17. The number of aromatic nitrogens is 2. The lowest BCUT2D eigenvalue weighted by Gasteiger charge is -2.28. The first-order chi connectivity index (χ1) is 8.61.